The van der Waals surface area contributed by atoms with Crippen LogP contribution in [0.25, 0.3) is 0 Å². The molecule has 0 amide bonds. The maximum absolute atomic E-state index is 9.16. The Hall–Kier alpha value is -1.74. The number of phenols is 1. The highest BCUT2D eigenvalue weighted by atomic mass is 32.2. The van der Waals surface area contributed by atoms with E-state index in [9.17, 15) is 0 Å². The zero-order chi connectivity index (χ0) is 12.6. The van der Waals surface area contributed by atoms with Crippen molar-refractivity contribution in [2.45, 2.75) is 4.90 Å². The van der Waals surface area contributed by atoms with Gasteiger partial charge in [-0.1, -0.05) is 30.3 Å². The highest BCUT2D eigenvalue weighted by Gasteiger charge is 1.93. The Bertz CT molecular complexity index is 494. The fourth-order valence-electron chi connectivity index (χ4n) is 1.47. The fraction of sp³-hybridized carbons (Fsp3) is 0.133. The lowest BCUT2D eigenvalue weighted by molar-refractivity contribution is 0.475. The summed E-state index contributed by atoms with van der Waals surface area (Å²) in [5, 5.41) is 9.16. The average molecular weight is 257 g/mol. The molecule has 0 aliphatic heterocycles. The molecule has 2 aromatic rings. The van der Waals surface area contributed by atoms with Gasteiger partial charge in [0.25, 0.3) is 0 Å². The number of phenolic OH excluding ortho intramolecular Hbond substituents is 1. The van der Waals surface area contributed by atoms with Crippen molar-refractivity contribution in [3.05, 3.63) is 60.2 Å². The van der Waals surface area contributed by atoms with Crippen molar-refractivity contribution in [3.8, 4) is 5.75 Å². The summed E-state index contributed by atoms with van der Waals surface area (Å²) < 4.78 is 0. The first kappa shape index (κ1) is 12.7. The maximum atomic E-state index is 9.16. The van der Waals surface area contributed by atoms with Gasteiger partial charge in [0.1, 0.15) is 5.75 Å². The van der Waals surface area contributed by atoms with Crippen LogP contribution in [-0.4, -0.2) is 23.6 Å². The van der Waals surface area contributed by atoms with Gasteiger partial charge in [0.05, 0.1) is 0 Å². The predicted molar refractivity (Wildman–Crippen MR) is 77.7 cm³/mol. The molecule has 0 aliphatic rings. The molecular formula is C15H15NOS. The summed E-state index contributed by atoms with van der Waals surface area (Å²) in [6.07, 6.45) is 1.90. The van der Waals surface area contributed by atoms with Crippen LogP contribution in [0.2, 0.25) is 0 Å². The smallest absolute Gasteiger partial charge is 0.115 e. The lowest BCUT2D eigenvalue weighted by atomic mass is 10.2. The molecule has 3 heteroatoms. The molecule has 0 bridgehead atoms. The van der Waals surface area contributed by atoms with E-state index in [4.69, 9.17) is 5.11 Å². The van der Waals surface area contributed by atoms with Gasteiger partial charge in [-0.05, 0) is 29.8 Å². The summed E-state index contributed by atoms with van der Waals surface area (Å²) in [6, 6.07) is 17.3. The van der Waals surface area contributed by atoms with Crippen LogP contribution in [0.1, 0.15) is 5.56 Å². The molecule has 0 saturated heterocycles. The Morgan fingerprint density at radius 3 is 2.44 bits per heavy atom. The minimum Gasteiger partial charge on any atom is -0.508 e. The van der Waals surface area contributed by atoms with Gasteiger partial charge in [-0.3, -0.25) is 4.99 Å². The number of aliphatic imine (C=N–C) groups is 1. The van der Waals surface area contributed by atoms with E-state index in [0.717, 1.165) is 22.8 Å². The van der Waals surface area contributed by atoms with Crippen LogP contribution in [0.3, 0.4) is 0 Å². The van der Waals surface area contributed by atoms with Crippen molar-refractivity contribution in [1.82, 2.24) is 0 Å². The van der Waals surface area contributed by atoms with Gasteiger partial charge in [-0.2, -0.15) is 0 Å². The molecule has 0 fully saturated rings. The SMILES string of the molecule is Oc1ccc(SCCN=Cc2ccccc2)cc1. The van der Waals surface area contributed by atoms with E-state index in [1.807, 2.05) is 48.7 Å². The Labute approximate surface area is 111 Å². The van der Waals surface area contributed by atoms with E-state index in [1.54, 1.807) is 23.9 Å². The van der Waals surface area contributed by atoms with Crippen LogP contribution in [0.5, 0.6) is 5.75 Å². The Morgan fingerprint density at radius 2 is 1.72 bits per heavy atom. The monoisotopic (exact) mass is 257 g/mol. The average Bonchev–Trinajstić information content (AvgIpc) is 2.42. The van der Waals surface area contributed by atoms with E-state index < -0.39 is 0 Å². The zero-order valence-corrected chi connectivity index (χ0v) is 10.8. The van der Waals surface area contributed by atoms with Crippen LogP contribution in [-0.2, 0) is 0 Å². The molecule has 92 valence electrons. The van der Waals surface area contributed by atoms with Crippen molar-refractivity contribution < 1.29 is 5.11 Å². The molecule has 18 heavy (non-hydrogen) atoms. The van der Waals surface area contributed by atoms with Crippen LogP contribution < -0.4 is 0 Å². The third-order valence-corrected chi connectivity index (χ3v) is 3.36. The second-order valence-corrected chi connectivity index (χ2v) is 4.96. The lowest BCUT2D eigenvalue weighted by Crippen LogP contribution is -1.87. The molecule has 0 saturated carbocycles. The maximum Gasteiger partial charge on any atom is 0.115 e. The number of rotatable bonds is 5. The molecule has 0 aromatic heterocycles. The van der Waals surface area contributed by atoms with E-state index in [2.05, 4.69) is 4.99 Å². The highest BCUT2D eigenvalue weighted by Crippen LogP contribution is 2.20. The number of hydrogen-bond acceptors (Lipinski definition) is 3. The van der Waals surface area contributed by atoms with Gasteiger partial charge in [0, 0.05) is 23.4 Å². The first-order valence-electron chi connectivity index (χ1n) is 5.81. The fourth-order valence-corrected chi connectivity index (χ4v) is 2.23. The second kappa shape index (κ2) is 6.87. The molecule has 0 heterocycles. The van der Waals surface area contributed by atoms with E-state index >= 15 is 0 Å². The van der Waals surface area contributed by atoms with Crippen molar-refractivity contribution in [2.24, 2.45) is 4.99 Å². The summed E-state index contributed by atoms with van der Waals surface area (Å²) in [4.78, 5) is 5.53. The van der Waals surface area contributed by atoms with Crippen LogP contribution >= 0.6 is 11.8 Å². The van der Waals surface area contributed by atoms with Crippen molar-refractivity contribution >= 4 is 18.0 Å². The number of thioether (sulfide) groups is 1. The van der Waals surface area contributed by atoms with Crippen LogP contribution in [0.4, 0.5) is 0 Å². The first-order valence-corrected chi connectivity index (χ1v) is 6.80. The zero-order valence-electron chi connectivity index (χ0n) is 9.99. The Kier molecular flexibility index (Phi) is 4.85. The third kappa shape index (κ3) is 4.26. The van der Waals surface area contributed by atoms with Crippen LogP contribution in [0, 0.1) is 0 Å². The molecule has 2 nitrogen and oxygen atoms in total. The number of aromatic hydroxyl groups is 1. The van der Waals surface area contributed by atoms with Gasteiger partial charge in [-0.15, -0.1) is 11.8 Å². The normalized spacial score (nSPS) is 10.9. The summed E-state index contributed by atoms with van der Waals surface area (Å²) in [7, 11) is 0. The summed E-state index contributed by atoms with van der Waals surface area (Å²) >= 11 is 1.74. The molecule has 0 atom stereocenters. The molecule has 0 aliphatic carbocycles. The number of benzene rings is 2. The quantitative estimate of drug-likeness (QED) is 0.504. The topological polar surface area (TPSA) is 32.6 Å². The molecule has 0 radical (unpaired) electrons. The van der Waals surface area contributed by atoms with Crippen molar-refractivity contribution in [2.75, 3.05) is 12.3 Å². The summed E-state index contributed by atoms with van der Waals surface area (Å²) in [5.74, 6) is 1.25. The molecule has 0 spiro atoms. The van der Waals surface area contributed by atoms with Gasteiger partial charge in [0.2, 0.25) is 0 Å². The predicted octanol–water partition coefficient (Wildman–Crippen LogP) is 3.60. The standard InChI is InChI=1S/C15H15NOS/c17-14-6-8-15(9-7-14)18-11-10-16-12-13-4-2-1-3-5-13/h1-9,12,17H,10-11H2. The van der Waals surface area contributed by atoms with Gasteiger partial charge >= 0.3 is 0 Å². The van der Waals surface area contributed by atoms with E-state index in [-0.39, 0.29) is 0 Å². The van der Waals surface area contributed by atoms with Crippen LogP contribution in [0.15, 0.2) is 64.5 Å². The number of nitrogens with zero attached hydrogens (tertiary/aromatic N) is 1. The lowest BCUT2D eigenvalue weighted by Gasteiger charge is -1.99. The van der Waals surface area contributed by atoms with Crippen molar-refractivity contribution in [1.29, 1.82) is 0 Å². The third-order valence-electron chi connectivity index (χ3n) is 2.37. The van der Waals surface area contributed by atoms with Gasteiger partial charge in [-0.25, -0.2) is 0 Å². The van der Waals surface area contributed by atoms with Crippen molar-refractivity contribution in [3.63, 3.8) is 0 Å². The molecule has 1 N–H and O–H groups in total. The molecule has 2 aromatic carbocycles. The molecule has 0 unspecified atom stereocenters. The Morgan fingerprint density at radius 1 is 1.00 bits per heavy atom. The van der Waals surface area contributed by atoms with Gasteiger partial charge in [0.15, 0.2) is 0 Å². The minimum atomic E-state index is 0.307. The van der Waals surface area contributed by atoms with E-state index in [1.165, 1.54) is 0 Å². The Balaban J connectivity index is 1.73. The summed E-state index contributed by atoms with van der Waals surface area (Å²) in [6.45, 7) is 0.792. The summed E-state index contributed by atoms with van der Waals surface area (Å²) in [5.41, 5.74) is 1.13. The molecule has 2 rings (SSSR count). The van der Waals surface area contributed by atoms with Gasteiger partial charge < -0.3 is 5.11 Å². The molecular weight excluding hydrogens is 242 g/mol. The first-order chi connectivity index (χ1) is 8.84. The minimum absolute atomic E-state index is 0.307. The second-order valence-electron chi connectivity index (χ2n) is 3.79. The highest BCUT2D eigenvalue weighted by molar-refractivity contribution is 7.99. The largest absolute Gasteiger partial charge is 0.508 e. The number of hydrogen-bond donors (Lipinski definition) is 1. The van der Waals surface area contributed by atoms with E-state index in [0.29, 0.717) is 5.75 Å².